The highest BCUT2D eigenvalue weighted by atomic mass is 32.2. The van der Waals surface area contributed by atoms with Crippen LogP contribution in [-0.2, 0) is 36.0 Å². The van der Waals surface area contributed by atoms with E-state index >= 15 is 0 Å². The number of nitrogens with zero attached hydrogens (tertiary/aromatic N) is 1. The molecule has 0 atom stereocenters. The van der Waals surface area contributed by atoms with Crippen molar-refractivity contribution in [3.63, 3.8) is 0 Å². The standard InChI is InChI=1S/C25H26N2O4S/c28-25(26-22-11-12-22)20-8-6-18(7-9-20)16-27(17-23-5-2-14-31-23)32(29,30)24-13-10-19-3-1-4-21(19)15-24/h2,5-10,13-15,22H,1,3-4,11-12,16-17H2,(H,26,28). The van der Waals surface area contributed by atoms with Crippen molar-refractivity contribution in [2.24, 2.45) is 0 Å². The monoisotopic (exact) mass is 450 g/mol. The van der Waals surface area contributed by atoms with Gasteiger partial charge in [0.15, 0.2) is 0 Å². The summed E-state index contributed by atoms with van der Waals surface area (Å²) in [5, 5.41) is 2.97. The molecule has 166 valence electrons. The van der Waals surface area contributed by atoms with Crippen LogP contribution in [0.15, 0.2) is 70.2 Å². The van der Waals surface area contributed by atoms with Crippen molar-refractivity contribution in [3.05, 3.63) is 88.9 Å². The molecule has 1 amide bonds. The number of nitrogens with one attached hydrogen (secondary N) is 1. The van der Waals surface area contributed by atoms with Gasteiger partial charge in [0.2, 0.25) is 10.0 Å². The Kier molecular flexibility index (Phi) is 5.61. The molecular weight excluding hydrogens is 424 g/mol. The molecule has 2 aliphatic rings. The fourth-order valence-corrected chi connectivity index (χ4v) is 5.57. The molecule has 3 aromatic rings. The predicted molar refractivity (Wildman–Crippen MR) is 121 cm³/mol. The van der Waals surface area contributed by atoms with E-state index < -0.39 is 10.0 Å². The van der Waals surface area contributed by atoms with E-state index in [4.69, 9.17) is 4.42 Å². The average Bonchev–Trinajstić information content (AvgIpc) is 3.25. The number of sulfonamides is 1. The van der Waals surface area contributed by atoms with Crippen molar-refractivity contribution in [2.75, 3.05) is 0 Å². The zero-order valence-corrected chi connectivity index (χ0v) is 18.6. The van der Waals surface area contributed by atoms with Gasteiger partial charge in [-0.25, -0.2) is 8.42 Å². The summed E-state index contributed by atoms with van der Waals surface area (Å²) in [6.07, 6.45) is 6.60. The van der Waals surface area contributed by atoms with Gasteiger partial charge in [0.25, 0.3) is 5.91 Å². The first-order valence-electron chi connectivity index (χ1n) is 11.0. The quantitative estimate of drug-likeness (QED) is 0.562. The van der Waals surface area contributed by atoms with E-state index in [1.165, 1.54) is 9.87 Å². The number of rotatable bonds is 8. The molecule has 5 rings (SSSR count). The molecular formula is C25H26N2O4S. The Morgan fingerprint density at radius 1 is 1.00 bits per heavy atom. The Bertz CT molecular complexity index is 1210. The second kappa shape index (κ2) is 8.56. The third-order valence-corrected chi connectivity index (χ3v) is 7.90. The van der Waals surface area contributed by atoms with Crippen molar-refractivity contribution >= 4 is 15.9 Å². The first-order valence-corrected chi connectivity index (χ1v) is 12.5. The van der Waals surface area contributed by atoms with Crippen molar-refractivity contribution in [2.45, 2.75) is 56.1 Å². The Hall–Kier alpha value is -2.90. The van der Waals surface area contributed by atoms with Gasteiger partial charge < -0.3 is 9.73 Å². The molecule has 7 heteroatoms. The molecule has 1 N–H and O–H groups in total. The van der Waals surface area contributed by atoms with Gasteiger partial charge in [-0.15, -0.1) is 0 Å². The number of benzene rings is 2. The lowest BCUT2D eigenvalue weighted by Crippen LogP contribution is -2.30. The summed E-state index contributed by atoms with van der Waals surface area (Å²) in [6, 6.07) is 16.4. The number of hydrogen-bond donors (Lipinski definition) is 1. The van der Waals surface area contributed by atoms with E-state index in [9.17, 15) is 13.2 Å². The smallest absolute Gasteiger partial charge is 0.251 e. The summed E-state index contributed by atoms with van der Waals surface area (Å²) >= 11 is 0. The Balaban J connectivity index is 1.40. The van der Waals surface area contributed by atoms with E-state index in [1.54, 1.807) is 36.6 Å². The number of amides is 1. The highest BCUT2D eigenvalue weighted by Crippen LogP contribution is 2.28. The largest absolute Gasteiger partial charge is 0.468 e. The summed E-state index contributed by atoms with van der Waals surface area (Å²) in [6.45, 7) is 0.320. The van der Waals surface area contributed by atoms with Crippen molar-refractivity contribution < 1.29 is 17.6 Å². The maximum atomic E-state index is 13.6. The van der Waals surface area contributed by atoms with Gasteiger partial charge in [-0.2, -0.15) is 4.31 Å². The Morgan fingerprint density at radius 2 is 1.78 bits per heavy atom. The number of furan rings is 1. The Labute approximate surface area is 188 Å². The summed E-state index contributed by atoms with van der Waals surface area (Å²) < 4.78 is 34.0. The predicted octanol–water partition coefficient (Wildman–Crippen LogP) is 4.05. The van der Waals surface area contributed by atoms with E-state index in [1.807, 2.05) is 24.3 Å². The lowest BCUT2D eigenvalue weighted by molar-refractivity contribution is 0.0951. The highest BCUT2D eigenvalue weighted by molar-refractivity contribution is 7.89. The minimum Gasteiger partial charge on any atom is -0.468 e. The van der Waals surface area contributed by atoms with Crippen LogP contribution < -0.4 is 5.32 Å². The summed E-state index contributed by atoms with van der Waals surface area (Å²) in [7, 11) is -3.74. The van der Waals surface area contributed by atoms with Gasteiger partial charge in [-0.1, -0.05) is 18.2 Å². The van der Waals surface area contributed by atoms with Crippen LogP contribution >= 0.6 is 0 Å². The van der Waals surface area contributed by atoms with Crippen molar-refractivity contribution in [1.82, 2.24) is 9.62 Å². The first kappa shape index (κ1) is 21.0. The topological polar surface area (TPSA) is 79.6 Å². The number of hydrogen-bond acceptors (Lipinski definition) is 4. The summed E-state index contributed by atoms with van der Waals surface area (Å²) in [5.74, 6) is 0.493. The molecule has 1 saturated carbocycles. The van der Waals surface area contributed by atoms with E-state index in [0.717, 1.165) is 43.2 Å². The van der Waals surface area contributed by atoms with Crippen LogP contribution in [0.5, 0.6) is 0 Å². The highest BCUT2D eigenvalue weighted by Gasteiger charge is 2.28. The van der Waals surface area contributed by atoms with Crippen LogP contribution in [0.1, 0.15) is 52.1 Å². The van der Waals surface area contributed by atoms with E-state index in [-0.39, 0.29) is 19.0 Å². The average molecular weight is 451 g/mol. The van der Waals surface area contributed by atoms with E-state index in [2.05, 4.69) is 5.32 Å². The number of carbonyl (C=O) groups is 1. The third kappa shape index (κ3) is 4.49. The maximum absolute atomic E-state index is 13.6. The number of aryl methyl sites for hydroxylation is 2. The van der Waals surface area contributed by atoms with Crippen molar-refractivity contribution in [3.8, 4) is 0 Å². The summed E-state index contributed by atoms with van der Waals surface area (Å²) in [4.78, 5) is 12.6. The fraction of sp³-hybridized carbons (Fsp3) is 0.320. The van der Waals surface area contributed by atoms with E-state index in [0.29, 0.717) is 22.3 Å². The van der Waals surface area contributed by atoms with Crippen LogP contribution in [0.3, 0.4) is 0 Å². The second-order valence-electron chi connectivity index (χ2n) is 8.58. The third-order valence-electron chi connectivity index (χ3n) is 6.11. The van der Waals surface area contributed by atoms with Crippen LogP contribution in [0.2, 0.25) is 0 Å². The zero-order valence-electron chi connectivity index (χ0n) is 17.8. The lowest BCUT2D eigenvalue weighted by Gasteiger charge is -2.22. The fourth-order valence-electron chi connectivity index (χ4n) is 4.12. The first-order chi connectivity index (χ1) is 15.5. The molecule has 0 bridgehead atoms. The van der Waals surface area contributed by atoms with Gasteiger partial charge in [-0.3, -0.25) is 4.79 Å². The van der Waals surface area contributed by atoms with Crippen LogP contribution in [0.4, 0.5) is 0 Å². The second-order valence-corrected chi connectivity index (χ2v) is 10.5. The molecule has 1 heterocycles. The van der Waals surface area contributed by atoms with Gasteiger partial charge in [-0.05, 0) is 85.2 Å². The van der Waals surface area contributed by atoms with Gasteiger partial charge in [0.05, 0.1) is 17.7 Å². The molecule has 1 aromatic heterocycles. The number of carbonyl (C=O) groups excluding carboxylic acids is 1. The molecule has 0 saturated heterocycles. The summed E-state index contributed by atoms with van der Waals surface area (Å²) in [5.41, 5.74) is 3.75. The molecule has 0 aliphatic heterocycles. The van der Waals surface area contributed by atoms with Gasteiger partial charge in [0, 0.05) is 18.2 Å². The molecule has 2 aromatic carbocycles. The maximum Gasteiger partial charge on any atom is 0.251 e. The van der Waals surface area contributed by atoms with Crippen LogP contribution in [0, 0.1) is 0 Å². The van der Waals surface area contributed by atoms with Crippen molar-refractivity contribution in [1.29, 1.82) is 0 Å². The molecule has 0 unspecified atom stereocenters. The van der Waals surface area contributed by atoms with Gasteiger partial charge in [0.1, 0.15) is 5.76 Å². The molecule has 2 aliphatic carbocycles. The molecule has 0 spiro atoms. The van der Waals surface area contributed by atoms with Gasteiger partial charge >= 0.3 is 0 Å². The molecule has 32 heavy (non-hydrogen) atoms. The zero-order chi connectivity index (χ0) is 22.1. The molecule has 6 nitrogen and oxygen atoms in total. The normalized spacial score (nSPS) is 15.7. The number of fused-ring (bicyclic) bond motifs is 1. The minimum absolute atomic E-state index is 0.0859. The SMILES string of the molecule is O=C(NC1CC1)c1ccc(CN(Cc2ccco2)S(=O)(=O)c2ccc3c(c2)CCC3)cc1. The molecule has 1 fully saturated rings. The Morgan fingerprint density at radius 3 is 2.50 bits per heavy atom. The van der Waals surface area contributed by atoms with Crippen LogP contribution in [-0.4, -0.2) is 24.7 Å². The molecule has 0 radical (unpaired) electrons. The lowest BCUT2D eigenvalue weighted by atomic mass is 10.1. The van der Waals surface area contributed by atoms with Crippen LogP contribution in [0.25, 0.3) is 0 Å². The minimum atomic E-state index is -3.74.